The molecule has 2 aromatic heterocycles. The minimum atomic E-state index is -1.08. The second-order valence-corrected chi connectivity index (χ2v) is 15.3. The zero-order chi connectivity index (χ0) is 38.1. The summed E-state index contributed by atoms with van der Waals surface area (Å²) in [6, 6.07) is 8.04. The summed E-state index contributed by atoms with van der Waals surface area (Å²) in [5, 5.41) is 10.4. The third kappa shape index (κ3) is 11.3. The smallest absolute Gasteiger partial charge is 0.257 e. The van der Waals surface area contributed by atoms with E-state index in [4.69, 9.17) is 46.4 Å². The third-order valence-electron chi connectivity index (χ3n) is 8.23. The first kappa shape index (κ1) is 42.0. The van der Waals surface area contributed by atoms with E-state index in [0.29, 0.717) is 44.5 Å². The number of nitrogens with zero attached hydrogens (tertiary/aromatic N) is 8. The highest BCUT2D eigenvalue weighted by molar-refractivity contribution is 6.53. The van der Waals surface area contributed by atoms with Crippen molar-refractivity contribution < 1.29 is 14.4 Å². The van der Waals surface area contributed by atoms with E-state index in [1.54, 1.807) is 25.6 Å². The quantitative estimate of drug-likeness (QED) is 0.233. The van der Waals surface area contributed by atoms with E-state index < -0.39 is 10.5 Å². The van der Waals surface area contributed by atoms with Gasteiger partial charge in [-0.3, -0.25) is 24.0 Å². The molecule has 3 amide bonds. The maximum Gasteiger partial charge on any atom is 0.257 e. The number of aryl methyl sites for hydroxylation is 2. The van der Waals surface area contributed by atoms with E-state index in [1.165, 1.54) is 0 Å². The summed E-state index contributed by atoms with van der Waals surface area (Å²) in [6.07, 6.45) is 4.63. The first-order chi connectivity index (χ1) is 23.9. The summed E-state index contributed by atoms with van der Waals surface area (Å²) >= 11 is 22.9. The number of para-hydroxylation sites is 1. The summed E-state index contributed by atoms with van der Waals surface area (Å²) in [5.41, 5.74) is 2.30. The highest BCUT2D eigenvalue weighted by Crippen LogP contribution is 2.42. The largest absolute Gasteiger partial charge is 0.354 e. The van der Waals surface area contributed by atoms with E-state index in [1.807, 2.05) is 85.9 Å². The molecule has 0 aliphatic carbocycles. The minimum absolute atomic E-state index is 0.0466. The van der Waals surface area contributed by atoms with E-state index in [2.05, 4.69) is 30.7 Å². The van der Waals surface area contributed by atoms with Crippen molar-refractivity contribution in [2.24, 2.45) is 5.41 Å². The predicted octanol–water partition coefficient (Wildman–Crippen LogP) is 6.50. The Morgan fingerprint density at radius 1 is 1.02 bits per heavy atom. The number of hydrogen-bond acceptors (Lipinski definition) is 9. The number of anilines is 3. The molecule has 2 saturated heterocycles. The zero-order valence-corrected chi connectivity index (χ0v) is 33.4. The minimum Gasteiger partial charge on any atom is -0.354 e. The first-order valence-electron chi connectivity index (χ1n) is 16.6. The van der Waals surface area contributed by atoms with Gasteiger partial charge in [0.2, 0.25) is 29.0 Å². The Morgan fingerprint density at radius 2 is 1.67 bits per heavy atom. The molecule has 0 bridgehead atoms. The van der Waals surface area contributed by atoms with Crippen LogP contribution in [0.15, 0.2) is 36.7 Å². The number of hydrogen-bond donors (Lipinski definition) is 2. The standard InChI is InChI=1S/C14H16ClN3O.C12H18Cl2N2O2.C8H14ClN5/c1-11-5-3-6-12(2)14(11)18(13(19)9-15)10-17-8-4-7-16-17;1-11(2)6-15-8(17)4-5-12(15,3)16(7-11)10(18)9(13)14;1-4-10-7-12-6(9)13-8(14-7)11-5(2)3/h3-8H,9-10H2,1-2H3;9H,4-7H2,1-3H3;5H,4H2,1-3H3,(H2,10,11,12,13,14). The Labute approximate surface area is 320 Å². The van der Waals surface area contributed by atoms with Crippen molar-refractivity contribution in [3.05, 3.63) is 53.1 Å². The Hall–Kier alpha value is -3.39. The van der Waals surface area contributed by atoms with Crippen molar-refractivity contribution in [3.8, 4) is 0 Å². The number of benzene rings is 1. The number of carbonyl (C=O) groups excluding carboxylic acids is 3. The number of nitrogens with one attached hydrogen (secondary N) is 2. The van der Waals surface area contributed by atoms with Crippen LogP contribution in [0, 0.1) is 19.3 Å². The molecule has 13 nitrogen and oxygen atoms in total. The lowest BCUT2D eigenvalue weighted by Gasteiger charge is -2.54. The van der Waals surface area contributed by atoms with Crippen LogP contribution in [-0.4, -0.2) is 94.3 Å². The summed E-state index contributed by atoms with van der Waals surface area (Å²) in [6.45, 7) is 18.3. The van der Waals surface area contributed by atoms with Gasteiger partial charge < -0.3 is 20.4 Å². The molecular formula is C34H48Cl4N10O3. The Bertz CT molecular complexity index is 1620. The fraction of sp³-hybridized carbons (Fsp3) is 0.559. The number of alkyl halides is 3. The van der Waals surface area contributed by atoms with Crippen molar-refractivity contribution in [1.82, 2.24) is 34.5 Å². The molecule has 1 aromatic carbocycles. The number of aromatic nitrogens is 5. The number of rotatable bonds is 9. The van der Waals surface area contributed by atoms with Gasteiger partial charge in [-0.25, -0.2) is 0 Å². The van der Waals surface area contributed by atoms with Gasteiger partial charge >= 0.3 is 0 Å². The fourth-order valence-electron chi connectivity index (χ4n) is 5.95. The number of amides is 3. The van der Waals surface area contributed by atoms with Crippen LogP contribution in [0.5, 0.6) is 0 Å². The van der Waals surface area contributed by atoms with Gasteiger partial charge in [-0.1, -0.05) is 55.2 Å². The molecule has 5 rings (SSSR count). The lowest BCUT2D eigenvalue weighted by molar-refractivity contribution is -0.163. The van der Waals surface area contributed by atoms with Crippen molar-refractivity contribution in [2.75, 3.05) is 41.0 Å². The van der Waals surface area contributed by atoms with Crippen LogP contribution in [0.4, 0.5) is 17.6 Å². The number of carbonyl (C=O) groups is 3. The highest BCUT2D eigenvalue weighted by Gasteiger charge is 2.54. The number of halogens is 4. The molecule has 0 saturated carbocycles. The molecule has 0 radical (unpaired) electrons. The van der Waals surface area contributed by atoms with Crippen LogP contribution in [-0.2, 0) is 21.1 Å². The lowest BCUT2D eigenvalue weighted by Crippen LogP contribution is -2.67. The van der Waals surface area contributed by atoms with E-state index in [0.717, 1.165) is 23.4 Å². The SMILES string of the molecule is CC1(C)CN2C(=O)CCC2(C)N(C(=O)C(Cl)Cl)C1.CCNc1nc(Cl)nc(NC(C)C)n1.Cc1cccc(C)c1N(Cn1cccn1)C(=O)CCl. The van der Waals surface area contributed by atoms with Crippen LogP contribution in [0.25, 0.3) is 0 Å². The molecule has 3 aromatic rings. The molecule has 1 unspecified atom stereocenters. The molecule has 17 heteroatoms. The molecule has 2 N–H and O–H groups in total. The average Bonchev–Trinajstić information content (AvgIpc) is 3.67. The predicted molar refractivity (Wildman–Crippen MR) is 204 cm³/mol. The molecule has 2 fully saturated rings. The molecule has 51 heavy (non-hydrogen) atoms. The zero-order valence-electron chi connectivity index (χ0n) is 30.4. The van der Waals surface area contributed by atoms with Gasteiger partial charge in [-0.05, 0) is 76.8 Å². The van der Waals surface area contributed by atoms with Gasteiger partial charge in [-0.15, -0.1) is 11.6 Å². The van der Waals surface area contributed by atoms with Crippen LogP contribution in [0.1, 0.15) is 65.5 Å². The molecular weight excluding hydrogens is 738 g/mol. The van der Waals surface area contributed by atoms with Gasteiger partial charge in [-0.2, -0.15) is 20.1 Å². The topological polar surface area (TPSA) is 141 Å². The van der Waals surface area contributed by atoms with E-state index in [9.17, 15) is 14.4 Å². The van der Waals surface area contributed by atoms with Crippen molar-refractivity contribution in [1.29, 1.82) is 0 Å². The lowest BCUT2D eigenvalue weighted by atomic mass is 9.86. The second kappa shape index (κ2) is 18.4. The Balaban J connectivity index is 0.000000209. The van der Waals surface area contributed by atoms with Crippen LogP contribution in [0.3, 0.4) is 0 Å². The van der Waals surface area contributed by atoms with E-state index >= 15 is 0 Å². The van der Waals surface area contributed by atoms with Crippen molar-refractivity contribution in [3.63, 3.8) is 0 Å². The summed E-state index contributed by atoms with van der Waals surface area (Å²) < 4.78 is 1.70. The maximum atomic E-state index is 12.2. The summed E-state index contributed by atoms with van der Waals surface area (Å²) in [7, 11) is 0. The third-order valence-corrected chi connectivity index (χ3v) is 9.00. The van der Waals surface area contributed by atoms with Crippen molar-refractivity contribution >= 4 is 81.7 Å². The van der Waals surface area contributed by atoms with Crippen LogP contribution in [0.2, 0.25) is 5.28 Å². The Morgan fingerprint density at radius 3 is 2.22 bits per heavy atom. The number of fused-ring (bicyclic) bond motifs is 1. The van der Waals surface area contributed by atoms with Gasteiger partial charge in [0.25, 0.3) is 5.91 Å². The van der Waals surface area contributed by atoms with Crippen LogP contribution >= 0.6 is 46.4 Å². The molecule has 280 valence electrons. The molecule has 1 atom stereocenters. The van der Waals surface area contributed by atoms with Gasteiger partial charge in [0.05, 0.1) is 5.69 Å². The fourth-order valence-corrected chi connectivity index (χ4v) is 6.49. The Kier molecular flexibility index (Phi) is 15.2. The second-order valence-electron chi connectivity index (χ2n) is 13.5. The van der Waals surface area contributed by atoms with Gasteiger partial charge in [0, 0.05) is 49.9 Å². The van der Waals surface area contributed by atoms with Gasteiger partial charge in [0.1, 0.15) is 18.2 Å². The van der Waals surface area contributed by atoms with Crippen molar-refractivity contribution in [2.45, 2.75) is 91.4 Å². The monoisotopic (exact) mass is 784 g/mol. The maximum absolute atomic E-state index is 12.2. The molecule has 4 heterocycles. The average molecular weight is 787 g/mol. The molecule has 2 aliphatic rings. The normalized spacial score (nSPS) is 17.6. The van der Waals surface area contributed by atoms with E-state index in [-0.39, 0.29) is 40.3 Å². The molecule has 0 spiro atoms. The highest BCUT2D eigenvalue weighted by atomic mass is 35.5. The summed E-state index contributed by atoms with van der Waals surface area (Å²) in [5.74, 6) is 0.605. The first-order valence-corrected chi connectivity index (χ1v) is 18.4. The van der Waals surface area contributed by atoms with Crippen LogP contribution < -0.4 is 15.5 Å². The summed E-state index contributed by atoms with van der Waals surface area (Å²) in [4.78, 5) is 52.3. The molecule has 2 aliphatic heterocycles. The van der Waals surface area contributed by atoms with Gasteiger partial charge in [0.15, 0.2) is 4.84 Å².